The van der Waals surface area contributed by atoms with Gasteiger partial charge in [-0.05, 0) is 42.5 Å². The van der Waals surface area contributed by atoms with Crippen molar-refractivity contribution in [2.75, 3.05) is 0 Å². The molecule has 4 nitrogen and oxygen atoms in total. The van der Waals surface area contributed by atoms with Crippen molar-refractivity contribution in [2.45, 2.75) is 19.3 Å². The molecule has 6 heteroatoms. The number of hydrogen-bond donors (Lipinski definition) is 2. The Morgan fingerprint density at radius 3 is 0.863 bits per heavy atom. The van der Waals surface area contributed by atoms with Gasteiger partial charge in [-0.2, -0.15) is 0 Å². The second-order valence-corrected chi connectivity index (χ2v) is 19.4. The molecule has 51 heavy (non-hydrogen) atoms. The number of carboxylic acids is 2. The van der Waals surface area contributed by atoms with E-state index < -0.39 is 54.2 Å². The molecule has 0 saturated heterocycles. The average molecular weight is 882 g/mol. The molecule has 0 aliphatic carbocycles. The van der Waals surface area contributed by atoms with Crippen LogP contribution in [0.5, 0.6) is 0 Å². The molecule has 0 bridgehead atoms. The molecule has 4 radical (unpaired) electrons. The van der Waals surface area contributed by atoms with Crippen molar-refractivity contribution in [1.82, 2.24) is 0 Å². The molecule has 0 fully saturated rings. The van der Waals surface area contributed by atoms with E-state index >= 15 is 0 Å². The number of rotatable bonds is 12. The second-order valence-electron chi connectivity index (χ2n) is 11.3. The van der Waals surface area contributed by atoms with Crippen LogP contribution in [-0.2, 0) is 9.59 Å². The maximum atomic E-state index is 11.4. The van der Waals surface area contributed by atoms with Crippen LogP contribution in [0.3, 0.4) is 0 Å². The van der Waals surface area contributed by atoms with Crippen molar-refractivity contribution in [3.05, 3.63) is 204 Å². The summed E-state index contributed by atoms with van der Waals surface area (Å²) in [7, 11) is 0. The molecule has 2 N–H and O–H groups in total. The number of hydrogen-bond acceptors (Lipinski definition) is 2. The molecule has 0 heterocycles. The average Bonchev–Trinajstić information content (AvgIpc) is 3.17. The summed E-state index contributed by atoms with van der Waals surface area (Å²) in [6.07, 6.45) is 4.33. The molecular weight excluding hydrogens is 842 g/mol. The molecule has 6 aromatic carbocycles. The van der Waals surface area contributed by atoms with Gasteiger partial charge in [-0.25, -0.2) is 9.59 Å². The Hall–Kier alpha value is -4.66. The summed E-state index contributed by atoms with van der Waals surface area (Å²) in [6.45, 7) is 0. The molecule has 6 aromatic rings. The number of aliphatic carboxylic acids is 2. The van der Waals surface area contributed by atoms with Gasteiger partial charge in [-0.1, -0.05) is 60.7 Å². The topological polar surface area (TPSA) is 74.6 Å². The molecule has 0 saturated carbocycles. The molecule has 6 rings (SSSR count). The van der Waals surface area contributed by atoms with E-state index in [1.165, 1.54) is 14.3 Å². The summed E-state index contributed by atoms with van der Waals surface area (Å²) in [5, 5.41) is 18.7. The van der Waals surface area contributed by atoms with Crippen molar-refractivity contribution in [1.29, 1.82) is 0 Å². The van der Waals surface area contributed by atoms with Crippen LogP contribution >= 0.6 is 0 Å². The van der Waals surface area contributed by atoms with Gasteiger partial charge in [0.25, 0.3) is 0 Å². The number of carbonyl (C=O) groups is 2. The minimum absolute atomic E-state index is 0.274. The van der Waals surface area contributed by atoms with Gasteiger partial charge in [0.05, 0.1) is 0 Å². The Morgan fingerprint density at radius 1 is 0.392 bits per heavy atom. The predicted octanol–water partition coefficient (Wildman–Crippen LogP) is 7.18. The van der Waals surface area contributed by atoms with Gasteiger partial charge < -0.3 is 10.2 Å². The van der Waals surface area contributed by atoms with Crippen LogP contribution in [0.25, 0.3) is 12.2 Å². The van der Waals surface area contributed by atoms with E-state index in [2.05, 4.69) is 121 Å². The van der Waals surface area contributed by atoms with E-state index in [0.29, 0.717) is 19.3 Å². The van der Waals surface area contributed by atoms with Crippen molar-refractivity contribution >= 4 is 80.7 Å². The first kappa shape index (κ1) is 39.1. The van der Waals surface area contributed by atoms with Gasteiger partial charge in [0.2, 0.25) is 0 Å². The van der Waals surface area contributed by atoms with Gasteiger partial charge in [-0.15, -0.1) is 0 Å². The van der Waals surface area contributed by atoms with Crippen LogP contribution in [0.1, 0.15) is 30.4 Å². The number of benzene rings is 6. The Bertz CT molecular complexity index is 1710. The van der Waals surface area contributed by atoms with Crippen LogP contribution in [0.4, 0.5) is 0 Å². The molecule has 0 spiro atoms. The maximum absolute atomic E-state index is 11.4. The van der Waals surface area contributed by atoms with Gasteiger partial charge in [0, 0.05) is 11.1 Å². The third-order valence-corrected chi connectivity index (χ3v) is 14.5. The van der Waals surface area contributed by atoms with E-state index in [1.807, 2.05) is 60.7 Å². The Labute approximate surface area is 321 Å². The van der Waals surface area contributed by atoms with Gasteiger partial charge in [0.1, 0.15) is 0 Å². The fourth-order valence-electron chi connectivity index (χ4n) is 4.87. The summed E-state index contributed by atoms with van der Waals surface area (Å²) >= 11 is -1.03. The normalized spacial score (nSPS) is 10.9. The third-order valence-electron chi connectivity index (χ3n) is 7.40. The van der Waals surface area contributed by atoms with Crippen LogP contribution in [0.2, 0.25) is 0 Å². The zero-order chi connectivity index (χ0) is 35.9. The van der Waals surface area contributed by atoms with E-state index in [1.54, 1.807) is 12.2 Å². The van der Waals surface area contributed by atoms with Crippen LogP contribution in [0.15, 0.2) is 193 Å². The minimum atomic E-state index is -0.979. The molecule has 0 amide bonds. The van der Waals surface area contributed by atoms with Crippen LogP contribution < -0.4 is 14.3 Å². The first-order valence-corrected chi connectivity index (χ1v) is 22.4. The SMILES string of the molecule is O=C(O)C(=Cc1ccccc1)CCCC(=Cc1ccccc1)C(=O)O.c1cc[c]([Sn][c]2ccccc2)cc1.c1cc[c]([Sn][c]2ccccc2)cc1. The van der Waals surface area contributed by atoms with E-state index in [-0.39, 0.29) is 11.1 Å². The third kappa shape index (κ3) is 15.8. The fourth-order valence-corrected chi connectivity index (χ4v) is 10.9. The predicted molar refractivity (Wildman–Crippen MR) is 214 cm³/mol. The quantitative estimate of drug-likeness (QED) is 0.101. The summed E-state index contributed by atoms with van der Waals surface area (Å²) in [4.78, 5) is 22.8. The van der Waals surface area contributed by atoms with Crippen molar-refractivity contribution in [3.8, 4) is 0 Å². The summed E-state index contributed by atoms with van der Waals surface area (Å²) < 4.78 is 6.16. The van der Waals surface area contributed by atoms with Gasteiger partial charge >= 0.3 is 190 Å². The molecule has 0 atom stereocenters. The van der Waals surface area contributed by atoms with E-state index in [0.717, 1.165) is 11.1 Å². The molecule has 0 aliphatic heterocycles. The number of carboxylic acid groups (broad SMARTS) is 2. The molecule has 0 aromatic heterocycles. The standard InChI is InChI=1S/C21H20O4.4C6H5.2Sn/c22-20(23)18(14-16-8-3-1-4-9-16)12-7-13-19(21(24)25)15-17-10-5-2-6-11-17;4*1-2-4-6-5-3-1;;/h1-6,8-11,14-15H,7,12-13H2,(H,22,23)(H,24,25);4*1-5H;;. The second kappa shape index (κ2) is 22.9. The van der Waals surface area contributed by atoms with E-state index in [4.69, 9.17) is 0 Å². The Morgan fingerprint density at radius 2 is 0.627 bits per heavy atom. The molecule has 0 aliphatic rings. The first-order chi connectivity index (χ1) is 25.0. The zero-order valence-corrected chi connectivity index (χ0v) is 34.0. The molecule has 0 unspecified atom stereocenters. The van der Waals surface area contributed by atoms with Crippen LogP contribution in [-0.4, -0.2) is 64.4 Å². The summed E-state index contributed by atoms with van der Waals surface area (Å²) in [5.41, 5.74) is 2.18. The van der Waals surface area contributed by atoms with Gasteiger partial charge in [-0.3, -0.25) is 0 Å². The monoisotopic (exact) mass is 884 g/mol. The van der Waals surface area contributed by atoms with E-state index in [9.17, 15) is 19.8 Å². The molecular formula is C45H40O4Sn2. The molecule has 252 valence electrons. The van der Waals surface area contributed by atoms with Crippen LogP contribution in [0, 0.1) is 0 Å². The fraction of sp³-hybridized carbons (Fsp3) is 0.0667. The Balaban J connectivity index is 0.000000188. The summed E-state index contributed by atoms with van der Waals surface area (Å²) in [5.74, 6) is -1.96. The van der Waals surface area contributed by atoms with Gasteiger partial charge in [0.15, 0.2) is 0 Å². The van der Waals surface area contributed by atoms with Crippen molar-refractivity contribution in [2.24, 2.45) is 0 Å². The van der Waals surface area contributed by atoms with Crippen molar-refractivity contribution in [3.63, 3.8) is 0 Å². The van der Waals surface area contributed by atoms with Crippen molar-refractivity contribution < 1.29 is 19.8 Å². The zero-order valence-electron chi connectivity index (χ0n) is 28.3. The summed E-state index contributed by atoms with van der Waals surface area (Å²) in [6, 6.07) is 61.6. The Kier molecular flexibility index (Phi) is 17.6. The first-order valence-electron chi connectivity index (χ1n) is 16.7.